The van der Waals surface area contributed by atoms with E-state index in [2.05, 4.69) is 27.4 Å². The Bertz CT molecular complexity index is 603. The van der Waals surface area contributed by atoms with Gasteiger partial charge in [-0.1, -0.05) is 25.5 Å². The Morgan fingerprint density at radius 1 is 1.25 bits per heavy atom. The number of nitrogens with one attached hydrogen (secondary N) is 2. The molecule has 158 valence electrons. The number of carbonyl (C=O) groups excluding carboxylic acids is 1. The summed E-state index contributed by atoms with van der Waals surface area (Å²) in [5.74, 6) is 1.63. The highest BCUT2D eigenvalue weighted by molar-refractivity contribution is 14.0. The minimum atomic E-state index is -0.00954. The highest BCUT2D eigenvalue weighted by atomic mass is 127. The molecule has 0 bridgehead atoms. The van der Waals surface area contributed by atoms with E-state index in [1.165, 1.54) is 12.8 Å². The summed E-state index contributed by atoms with van der Waals surface area (Å²) in [6.07, 6.45) is 4.72. The Morgan fingerprint density at radius 3 is 2.57 bits per heavy atom. The average Bonchev–Trinajstić information content (AvgIpc) is 3.51. The first kappa shape index (κ1) is 24.7. The molecule has 0 aliphatic heterocycles. The molecule has 0 unspecified atom stereocenters. The van der Waals surface area contributed by atoms with Crippen LogP contribution in [-0.2, 0) is 11.3 Å². The Kier molecular flexibility index (Phi) is 12.1. The first-order valence-corrected chi connectivity index (χ1v) is 10.0. The fourth-order valence-corrected chi connectivity index (χ4v) is 2.66. The van der Waals surface area contributed by atoms with Gasteiger partial charge in [-0.3, -0.25) is 9.79 Å². The number of benzene rings is 1. The third kappa shape index (κ3) is 9.23. The minimum Gasteiger partial charge on any atom is -0.379 e. The Morgan fingerprint density at radius 2 is 1.96 bits per heavy atom. The fraction of sp³-hybridized carbons (Fsp3) is 0.619. The number of rotatable bonds is 11. The highest BCUT2D eigenvalue weighted by Gasteiger charge is 2.21. The van der Waals surface area contributed by atoms with Crippen molar-refractivity contribution in [3.63, 3.8) is 0 Å². The number of amides is 1. The monoisotopic (exact) mass is 502 g/mol. The van der Waals surface area contributed by atoms with E-state index in [1.54, 1.807) is 7.05 Å². The molecule has 0 spiro atoms. The van der Waals surface area contributed by atoms with Gasteiger partial charge in [0.25, 0.3) is 5.91 Å². The lowest BCUT2D eigenvalue weighted by Crippen LogP contribution is -2.40. The second kappa shape index (κ2) is 13.8. The standard InChI is InChI=1S/C21H34N4O2.HI/c1-4-5-12-23-20(26)19-10-8-17(9-11-19)15-24-21(22-2)25(3)13-14-27-16-18-6-7-18;/h8-11,18H,4-7,12-16H2,1-3H3,(H,22,24)(H,23,26);1H. The number of halogens is 1. The van der Waals surface area contributed by atoms with Crippen LogP contribution in [0.5, 0.6) is 0 Å². The van der Waals surface area contributed by atoms with Crippen LogP contribution in [0.2, 0.25) is 0 Å². The second-order valence-electron chi connectivity index (χ2n) is 7.15. The number of guanidine groups is 1. The summed E-state index contributed by atoms with van der Waals surface area (Å²) in [5, 5.41) is 6.29. The van der Waals surface area contributed by atoms with Crippen LogP contribution in [0.15, 0.2) is 29.3 Å². The van der Waals surface area contributed by atoms with Gasteiger partial charge < -0.3 is 20.3 Å². The van der Waals surface area contributed by atoms with E-state index >= 15 is 0 Å². The summed E-state index contributed by atoms with van der Waals surface area (Å²) in [4.78, 5) is 18.4. The fourth-order valence-electron chi connectivity index (χ4n) is 2.66. The summed E-state index contributed by atoms with van der Waals surface area (Å²) >= 11 is 0. The summed E-state index contributed by atoms with van der Waals surface area (Å²) < 4.78 is 5.69. The molecule has 1 aliphatic rings. The molecule has 0 aromatic heterocycles. The van der Waals surface area contributed by atoms with Gasteiger partial charge in [-0.25, -0.2) is 0 Å². The second-order valence-corrected chi connectivity index (χ2v) is 7.15. The van der Waals surface area contributed by atoms with Crippen molar-refractivity contribution in [3.05, 3.63) is 35.4 Å². The summed E-state index contributed by atoms with van der Waals surface area (Å²) in [6, 6.07) is 7.70. The summed E-state index contributed by atoms with van der Waals surface area (Å²) in [6.45, 7) is 5.92. The van der Waals surface area contributed by atoms with Crippen LogP contribution in [0.1, 0.15) is 48.5 Å². The molecule has 1 amide bonds. The van der Waals surface area contributed by atoms with Crippen LogP contribution < -0.4 is 10.6 Å². The average molecular weight is 502 g/mol. The van der Waals surface area contributed by atoms with E-state index in [0.29, 0.717) is 12.1 Å². The number of nitrogens with zero attached hydrogens (tertiary/aromatic N) is 2. The first-order chi connectivity index (χ1) is 13.1. The molecule has 0 saturated heterocycles. The highest BCUT2D eigenvalue weighted by Crippen LogP contribution is 2.28. The number of likely N-dealkylation sites (N-methyl/N-ethyl adjacent to an activating group) is 1. The van der Waals surface area contributed by atoms with Crippen molar-refractivity contribution in [1.29, 1.82) is 0 Å². The van der Waals surface area contributed by atoms with Gasteiger partial charge >= 0.3 is 0 Å². The van der Waals surface area contributed by atoms with Gasteiger partial charge in [0, 0.05) is 45.9 Å². The summed E-state index contributed by atoms with van der Waals surface area (Å²) in [7, 11) is 3.80. The van der Waals surface area contributed by atoms with Crippen molar-refractivity contribution in [2.24, 2.45) is 10.9 Å². The predicted octanol–water partition coefficient (Wildman–Crippen LogP) is 3.27. The third-order valence-corrected chi connectivity index (χ3v) is 4.68. The van der Waals surface area contributed by atoms with E-state index in [4.69, 9.17) is 4.74 Å². The molecule has 28 heavy (non-hydrogen) atoms. The quantitative estimate of drug-likeness (QED) is 0.211. The molecule has 1 saturated carbocycles. The van der Waals surface area contributed by atoms with Crippen LogP contribution in [-0.4, -0.2) is 57.2 Å². The molecular weight excluding hydrogens is 467 g/mol. The van der Waals surface area contributed by atoms with E-state index in [-0.39, 0.29) is 29.9 Å². The maximum absolute atomic E-state index is 12.0. The molecule has 0 heterocycles. The summed E-state index contributed by atoms with van der Waals surface area (Å²) in [5.41, 5.74) is 1.81. The third-order valence-electron chi connectivity index (χ3n) is 4.68. The number of hydrogen-bond acceptors (Lipinski definition) is 3. The van der Waals surface area contributed by atoms with Crippen LogP contribution in [0.25, 0.3) is 0 Å². The van der Waals surface area contributed by atoms with Crippen molar-refractivity contribution < 1.29 is 9.53 Å². The van der Waals surface area contributed by atoms with Gasteiger partial charge in [0.1, 0.15) is 0 Å². The molecule has 2 N–H and O–H groups in total. The molecule has 2 rings (SSSR count). The SMILES string of the molecule is CCCCNC(=O)c1ccc(CNC(=NC)N(C)CCOCC2CC2)cc1.I. The predicted molar refractivity (Wildman–Crippen MR) is 125 cm³/mol. The van der Waals surface area contributed by atoms with Gasteiger partial charge in [-0.2, -0.15) is 0 Å². The van der Waals surface area contributed by atoms with E-state index in [9.17, 15) is 4.79 Å². The van der Waals surface area contributed by atoms with E-state index in [0.717, 1.165) is 56.6 Å². The maximum atomic E-state index is 12.0. The first-order valence-electron chi connectivity index (χ1n) is 10.0. The molecule has 1 fully saturated rings. The Labute approximate surface area is 186 Å². The molecule has 7 heteroatoms. The smallest absolute Gasteiger partial charge is 0.251 e. The lowest BCUT2D eigenvalue weighted by Gasteiger charge is -2.22. The number of hydrogen-bond donors (Lipinski definition) is 2. The van der Waals surface area contributed by atoms with Crippen LogP contribution >= 0.6 is 24.0 Å². The van der Waals surface area contributed by atoms with Crippen LogP contribution in [0.4, 0.5) is 0 Å². The molecule has 1 aromatic carbocycles. The Balaban J connectivity index is 0.00000392. The van der Waals surface area contributed by atoms with Gasteiger partial charge in [-0.15, -0.1) is 24.0 Å². The van der Waals surface area contributed by atoms with Gasteiger partial charge in [0.15, 0.2) is 5.96 Å². The molecule has 6 nitrogen and oxygen atoms in total. The van der Waals surface area contributed by atoms with Crippen LogP contribution in [0, 0.1) is 5.92 Å². The van der Waals surface area contributed by atoms with Gasteiger partial charge in [0.05, 0.1) is 6.61 Å². The molecule has 1 aromatic rings. The largest absolute Gasteiger partial charge is 0.379 e. The van der Waals surface area contributed by atoms with Gasteiger partial charge in [-0.05, 0) is 42.9 Å². The topological polar surface area (TPSA) is 66.0 Å². The zero-order valence-electron chi connectivity index (χ0n) is 17.4. The van der Waals surface area contributed by atoms with Crippen molar-refractivity contribution >= 4 is 35.8 Å². The van der Waals surface area contributed by atoms with Gasteiger partial charge in [0.2, 0.25) is 0 Å². The maximum Gasteiger partial charge on any atom is 0.251 e. The molecule has 1 aliphatic carbocycles. The number of unbranched alkanes of at least 4 members (excludes halogenated alkanes) is 1. The molecule has 0 atom stereocenters. The van der Waals surface area contributed by atoms with Crippen molar-refractivity contribution in [2.45, 2.75) is 39.2 Å². The van der Waals surface area contributed by atoms with Crippen molar-refractivity contribution in [1.82, 2.24) is 15.5 Å². The number of carbonyl (C=O) groups is 1. The Hall–Kier alpha value is -1.35. The minimum absolute atomic E-state index is 0. The zero-order valence-corrected chi connectivity index (χ0v) is 19.7. The lowest BCUT2D eigenvalue weighted by molar-refractivity contribution is 0.0953. The number of aliphatic imine (C=N–C) groups is 1. The normalized spacial score (nSPS) is 13.6. The number of ether oxygens (including phenoxy) is 1. The molecular formula is C21H35IN4O2. The van der Waals surface area contributed by atoms with E-state index < -0.39 is 0 Å². The molecule has 0 radical (unpaired) electrons. The zero-order chi connectivity index (χ0) is 19.5. The van der Waals surface area contributed by atoms with Crippen molar-refractivity contribution in [3.8, 4) is 0 Å². The van der Waals surface area contributed by atoms with Crippen molar-refractivity contribution in [2.75, 3.05) is 40.4 Å². The lowest BCUT2D eigenvalue weighted by atomic mass is 10.1. The van der Waals surface area contributed by atoms with E-state index in [1.807, 2.05) is 31.3 Å². The van der Waals surface area contributed by atoms with Crippen LogP contribution in [0.3, 0.4) is 0 Å².